The third-order valence-corrected chi connectivity index (χ3v) is 5.37. The van der Waals surface area contributed by atoms with Crippen molar-refractivity contribution in [1.82, 2.24) is 0 Å². The predicted molar refractivity (Wildman–Crippen MR) is 107 cm³/mol. The fourth-order valence-corrected chi connectivity index (χ4v) is 3.72. The summed E-state index contributed by atoms with van der Waals surface area (Å²) in [7, 11) is 0. The second kappa shape index (κ2) is 8.39. The number of unbranched alkanes of at least 4 members (excludes halogenated alkanes) is 1. The zero-order chi connectivity index (χ0) is 18.4. The third kappa shape index (κ3) is 4.09. The lowest BCUT2D eigenvalue weighted by Gasteiger charge is -2.28. The highest BCUT2D eigenvalue weighted by Crippen LogP contribution is 2.42. The minimum absolute atomic E-state index is 0.110. The quantitative estimate of drug-likeness (QED) is 0.657. The number of aryl methyl sites for hydroxylation is 1. The molecule has 0 saturated heterocycles. The van der Waals surface area contributed by atoms with Gasteiger partial charge in [-0.15, -0.1) is 0 Å². The van der Waals surface area contributed by atoms with Gasteiger partial charge in [-0.25, -0.2) is 0 Å². The van der Waals surface area contributed by atoms with Gasteiger partial charge in [-0.1, -0.05) is 56.0 Å². The molecule has 26 heavy (non-hydrogen) atoms. The van der Waals surface area contributed by atoms with Crippen molar-refractivity contribution >= 4 is 11.6 Å². The molecule has 1 N–H and O–H groups in total. The summed E-state index contributed by atoms with van der Waals surface area (Å²) >= 11 is 0. The molecule has 0 radical (unpaired) electrons. The van der Waals surface area contributed by atoms with Crippen LogP contribution in [0.3, 0.4) is 0 Å². The van der Waals surface area contributed by atoms with Gasteiger partial charge < -0.3 is 10.1 Å². The molecule has 2 aromatic rings. The fourth-order valence-electron chi connectivity index (χ4n) is 3.72. The van der Waals surface area contributed by atoms with Crippen molar-refractivity contribution in [2.75, 3.05) is 11.9 Å². The van der Waals surface area contributed by atoms with Gasteiger partial charge in [-0.3, -0.25) is 4.79 Å². The highest BCUT2D eigenvalue weighted by atomic mass is 16.5. The topological polar surface area (TPSA) is 38.3 Å². The van der Waals surface area contributed by atoms with Gasteiger partial charge in [0.1, 0.15) is 5.75 Å². The molecule has 0 bridgehead atoms. The Morgan fingerprint density at radius 1 is 1.04 bits per heavy atom. The van der Waals surface area contributed by atoms with Crippen molar-refractivity contribution in [3.63, 3.8) is 0 Å². The summed E-state index contributed by atoms with van der Waals surface area (Å²) in [6.07, 6.45) is 6.21. The number of ether oxygens (including phenoxy) is 1. The number of rotatable bonds is 7. The molecule has 138 valence electrons. The first kappa shape index (κ1) is 18.5. The van der Waals surface area contributed by atoms with E-state index in [0.29, 0.717) is 0 Å². The molecule has 1 aliphatic carbocycles. The maximum absolute atomic E-state index is 13.2. The zero-order valence-electron chi connectivity index (χ0n) is 15.9. The van der Waals surface area contributed by atoms with E-state index in [1.807, 2.05) is 24.3 Å². The Morgan fingerprint density at radius 2 is 1.69 bits per heavy atom. The Balaban J connectivity index is 1.71. The average Bonchev–Trinajstić information content (AvgIpc) is 3.15. The lowest BCUT2D eigenvalue weighted by molar-refractivity contribution is -0.121. The van der Waals surface area contributed by atoms with Crippen molar-refractivity contribution < 1.29 is 9.53 Å². The molecular weight excluding hydrogens is 322 g/mol. The molecule has 3 heteroatoms. The summed E-state index contributed by atoms with van der Waals surface area (Å²) in [6, 6.07) is 16.1. The Labute approximate surface area is 156 Å². The van der Waals surface area contributed by atoms with Crippen LogP contribution in [-0.4, -0.2) is 12.5 Å². The summed E-state index contributed by atoms with van der Waals surface area (Å²) in [5, 5.41) is 3.14. The monoisotopic (exact) mass is 351 g/mol. The van der Waals surface area contributed by atoms with Crippen LogP contribution < -0.4 is 10.1 Å². The van der Waals surface area contributed by atoms with Crippen LogP contribution in [-0.2, 0) is 10.2 Å². The molecule has 3 nitrogen and oxygen atoms in total. The van der Waals surface area contributed by atoms with Gasteiger partial charge >= 0.3 is 0 Å². The van der Waals surface area contributed by atoms with E-state index in [1.54, 1.807) is 0 Å². The van der Waals surface area contributed by atoms with Crippen LogP contribution in [0, 0.1) is 6.92 Å². The first-order chi connectivity index (χ1) is 12.6. The van der Waals surface area contributed by atoms with E-state index in [0.717, 1.165) is 62.1 Å². The van der Waals surface area contributed by atoms with Crippen molar-refractivity contribution in [1.29, 1.82) is 0 Å². The van der Waals surface area contributed by atoms with Gasteiger partial charge in [0.2, 0.25) is 5.91 Å². The van der Waals surface area contributed by atoms with Crippen LogP contribution in [0.25, 0.3) is 0 Å². The van der Waals surface area contributed by atoms with Crippen LogP contribution in [0.2, 0.25) is 0 Å². The SMILES string of the molecule is CCCCOc1ccc(NC(=O)C2(c3ccc(C)cc3)CCCC2)cc1. The van der Waals surface area contributed by atoms with E-state index in [-0.39, 0.29) is 5.91 Å². The molecule has 1 amide bonds. The third-order valence-electron chi connectivity index (χ3n) is 5.37. The van der Waals surface area contributed by atoms with Gasteiger partial charge in [-0.05, 0) is 56.0 Å². The smallest absolute Gasteiger partial charge is 0.235 e. The summed E-state index contributed by atoms with van der Waals surface area (Å²) in [5.41, 5.74) is 2.79. The lowest BCUT2D eigenvalue weighted by atomic mass is 9.77. The Hall–Kier alpha value is -2.29. The summed E-state index contributed by atoms with van der Waals surface area (Å²) in [4.78, 5) is 13.2. The molecule has 0 aromatic heterocycles. The van der Waals surface area contributed by atoms with Crippen LogP contribution in [0.5, 0.6) is 5.75 Å². The van der Waals surface area contributed by atoms with E-state index in [2.05, 4.69) is 43.4 Å². The number of benzene rings is 2. The minimum atomic E-state index is -0.399. The molecule has 3 rings (SSSR count). The number of amides is 1. The number of carbonyl (C=O) groups excluding carboxylic acids is 1. The Kier molecular flexibility index (Phi) is 5.97. The van der Waals surface area contributed by atoms with E-state index in [1.165, 1.54) is 5.56 Å². The number of nitrogens with one attached hydrogen (secondary N) is 1. The first-order valence-corrected chi connectivity index (χ1v) is 9.75. The second-order valence-electron chi connectivity index (χ2n) is 7.34. The van der Waals surface area contributed by atoms with Gasteiger partial charge in [0, 0.05) is 5.69 Å². The van der Waals surface area contributed by atoms with E-state index >= 15 is 0 Å². The summed E-state index contributed by atoms with van der Waals surface area (Å²) in [5.74, 6) is 0.962. The molecule has 0 spiro atoms. The molecule has 0 heterocycles. The van der Waals surface area contributed by atoms with E-state index in [4.69, 9.17) is 4.74 Å². The van der Waals surface area contributed by atoms with Gasteiger partial charge in [0.15, 0.2) is 0 Å². The number of hydrogen-bond donors (Lipinski definition) is 1. The van der Waals surface area contributed by atoms with Crippen LogP contribution in [0.1, 0.15) is 56.6 Å². The van der Waals surface area contributed by atoms with Crippen LogP contribution in [0.15, 0.2) is 48.5 Å². The number of hydrogen-bond acceptors (Lipinski definition) is 2. The molecule has 2 aromatic carbocycles. The molecule has 1 aliphatic rings. The Bertz CT molecular complexity index is 713. The van der Waals surface area contributed by atoms with Gasteiger partial charge in [0.05, 0.1) is 12.0 Å². The summed E-state index contributed by atoms with van der Waals surface area (Å²) < 4.78 is 5.69. The van der Waals surface area contributed by atoms with Gasteiger partial charge in [-0.2, -0.15) is 0 Å². The molecule has 0 aliphatic heterocycles. The number of anilines is 1. The van der Waals surface area contributed by atoms with Crippen LogP contribution >= 0.6 is 0 Å². The molecular formula is C23H29NO2. The fraction of sp³-hybridized carbons (Fsp3) is 0.435. The summed E-state index contributed by atoms with van der Waals surface area (Å²) in [6.45, 7) is 4.96. The highest BCUT2D eigenvalue weighted by Gasteiger charge is 2.42. The first-order valence-electron chi connectivity index (χ1n) is 9.75. The van der Waals surface area contributed by atoms with Gasteiger partial charge in [0.25, 0.3) is 0 Å². The minimum Gasteiger partial charge on any atom is -0.494 e. The highest BCUT2D eigenvalue weighted by molar-refractivity contribution is 5.99. The lowest BCUT2D eigenvalue weighted by Crippen LogP contribution is -2.38. The molecule has 0 unspecified atom stereocenters. The van der Waals surface area contributed by atoms with Crippen molar-refractivity contribution in [3.05, 3.63) is 59.7 Å². The standard InChI is InChI=1S/C23H29NO2/c1-3-4-17-26-21-13-11-20(12-14-21)24-22(25)23(15-5-6-16-23)19-9-7-18(2)8-10-19/h7-14H,3-6,15-17H2,1-2H3,(H,24,25). The van der Waals surface area contributed by atoms with Crippen molar-refractivity contribution in [2.45, 2.75) is 57.8 Å². The largest absolute Gasteiger partial charge is 0.494 e. The molecule has 1 fully saturated rings. The molecule has 1 saturated carbocycles. The van der Waals surface area contributed by atoms with E-state index < -0.39 is 5.41 Å². The van der Waals surface area contributed by atoms with E-state index in [9.17, 15) is 4.79 Å². The zero-order valence-corrected chi connectivity index (χ0v) is 15.9. The van der Waals surface area contributed by atoms with Crippen LogP contribution in [0.4, 0.5) is 5.69 Å². The average molecular weight is 351 g/mol. The normalized spacial score (nSPS) is 15.6. The number of carbonyl (C=O) groups is 1. The maximum Gasteiger partial charge on any atom is 0.235 e. The Morgan fingerprint density at radius 3 is 2.31 bits per heavy atom. The molecule has 0 atom stereocenters. The van der Waals surface area contributed by atoms with Crippen molar-refractivity contribution in [2.24, 2.45) is 0 Å². The maximum atomic E-state index is 13.2. The van der Waals surface area contributed by atoms with Crippen molar-refractivity contribution in [3.8, 4) is 5.75 Å². The predicted octanol–water partition coefficient (Wildman–Crippen LogP) is 5.62. The second-order valence-corrected chi connectivity index (χ2v) is 7.34.